The number of benzene rings is 2. The van der Waals surface area contributed by atoms with Crippen LogP contribution in [0.25, 0.3) is 10.9 Å². The number of nitrogens with zero attached hydrogens (tertiary/aromatic N) is 1. The van der Waals surface area contributed by atoms with Crippen LogP contribution in [0.4, 0.5) is 5.69 Å². The van der Waals surface area contributed by atoms with E-state index in [9.17, 15) is 14.7 Å². The van der Waals surface area contributed by atoms with Crippen molar-refractivity contribution in [1.82, 2.24) is 4.57 Å². The number of amides is 1. The van der Waals surface area contributed by atoms with Crippen LogP contribution in [0.3, 0.4) is 0 Å². The molecule has 0 saturated carbocycles. The lowest BCUT2D eigenvalue weighted by Crippen LogP contribution is -2.29. The van der Waals surface area contributed by atoms with Crippen LogP contribution in [0, 0.1) is 0 Å². The molecule has 0 aliphatic rings. The molecular formula is C20H17ClN2O4. The lowest BCUT2D eigenvalue weighted by atomic mass is 10.1. The van der Waals surface area contributed by atoms with Gasteiger partial charge >= 0.3 is 0 Å². The highest BCUT2D eigenvalue weighted by molar-refractivity contribution is 6.30. The summed E-state index contributed by atoms with van der Waals surface area (Å²) in [5.41, 5.74) is -0.126. The summed E-state index contributed by atoms with van der Waals surface area (Å²) >= 11 is 5.93. The molecule has 2 N–H and O–H groups in total. The molecule has 3 rings (SSSR count). The fourth-order valence-corrected chi connectivity index (χ4v) is 3.02. The summed E-state index contributed by atoms with van der Waals surface area (Å²) in [4.78, 5) is 25.7. The van der Waals surface area contributed by atoms with Gasteiger partial charge in [-0.1, -0.05) is 29.8 Å². The molecule has 0 unspecified atom stereocenters. The van der Waals surface area contributed by atoms with E-state index in [-0.39, 0.29) is 17.9 Å². The third-order valence-corrected chi connectivity index (χ3v) is 4.33. The first-order chi connectivity index (χ1) is 13.0. The second-order valence-corrected chi connectivity index (χ2v) is 6.18. The van der Waals surface area contributed by atoms with Crippen LogP contribution in [0.2, 0.25) is 5.02 Å². The predicted molar refractivity (Wildman–Crippen MR) is 106 cm³/mol. The molecule has 0 fully saturated rings. The van der Waals surface area contributed by atoms with E-state index in [4.69, 9.17) is 16.3 Å². The molecular weight excluding hydrogens is 368 g/mol. The molecule has 0 saturated heterocycles. The first-order valence-corrected chi connectivity index (χ1v) is 8.46. The highest BCUT2D eigenvalue weighted by Gasteiger charge is 2.22. The normalized spacial score (nSPS) is 10.6. The average molecular weight is 385 g/mol. The number of aromatic nitrogens is 1. The third kappa shape index (κ3) is 3.39. The van der Waals surface area contributed by atoms with Gasteiger partial charge in [0.2, 0.25) is 0 Å². The first-order valence-electron chi connectivity index (χ1n) is 8.08. The van der Waals surface area contributed by atoms with Gasteiger partial charge in [-0.3, -0.25) is 9.59 Å². The Hall–Kier alpha value is -3.25. The Morgan fingerprint density at radius 1 is 1.33 bits per heavy atom. The van der Waals surface area contributed by atoms with Crippen LogP contribution >= 0.6 is 11.6 Å². The predicted octanol–water partition coefficient (Wildman–Crippen LogP) is 3.81. The second kappa shape index (κ2) is 7.55. The molecule has 0 spiro atoms. The maximum Gasteiger partial charge on any atom is 0.268 e. The number of ether oxygens (including phenoxy) is 1. The van der Waals surface area contributed by atoms with Gasteiger partial charge in [0.05, 0.1) is 18.3 Å². The molecule has 1 heterocycles. The van der Waals surface area contributed by atoms with Crippen LogP contribution in [-0.2, 0) is 6.54 Å². The van der Waals surface area contributed by atoms with Crippen molar-refractivity contribution in [1.29, 1.82) is 0 Å². The lowest BCUT2D eigenvalue weighted by Gasteiger charge is -2.15. The molecule has 27 heavy (non-hydrogen) atoms. The second-order valence-electron chi connectivity index (χ2n) is 5.74. The molecule has 6 nitrogen and oxygen atoms in total. The zero-order valence-electron chi connectivity index (χ0n) is 14.5. The van der Waals surface area contributed by atoms with Crippen molar-refractivity contribution in [3.05, 3.63) is 76.1 Å². The standard InChI is InChI=1S/C20H17ClN2O4/c1-3-10-23-15-7-5-4-6-13(15)18(24)17(20(23)26)19(25)22-14-9-8-12(21)11-16(14)27-2/h3-9,11,24H,1,10H2,2H3,(H,22,25). The van der Waals surface area contributed by atoms with Gasteiger partial charge in [-0.2, -0.15) is 0 Å². The summed E-state index contributed by atoms with van der Waals surface area (Å²) in [5.74, 6) is -0.787. The Balaban J connectivity index is 2.15. The molecule has 0 aliphatic carbocycles. The molecule has 138 valence electrons. The van der Waals surface area contributed by atoms with Gasteiger partial charge < -0.3 is 19.7 Å². The van der Waals surface area contributed by atoms with Gasteiger partial charge in [0.1, 0.15) is 17.1 Å². The number of allylic oxidation sites excluding steroid dienone is 1. The summed E-state index contributed by atoms with van der Waals surface area (Å²) in [5, 5.41) is 14.0. The van der Waals surface area contributed by atoms with Gasteiger partial charge in [0.15, 0.2) is 0 Å². The maximum atomic E-state index is 12.9. The molecule has 0 atom stereocenters. The molecule has 1 aromatic heterocycles. The van der Waals surface area contributed by atoms with Gasteiger partial charge in [0.25, 0.3) is 11.5 Å². The summed E-state index contributed by atoms with van der Waals surface area (Å²) in [6, 6.07) is 11.5. The number of nitrogens with one attached hydrogen (secondary N) is 1. The van der Waals surface area contributed by atoms with Crippen LogP contribution in [-0.4, -0.2) is 22.7 Å². The van der Waals surface area contributed by atoms with Crippen LogP contribution in [0.1, 0.15) is 10.4 Å². The highest BCUT2D eigenvalue weighted by atomic mass is 35.5. The number of hydrogen-bond donors (Lipinski definition) is 2. The Kier molecular flexibility index (Phi) is 5.19. The molecule has 7 heteroatoms. The number of aromatic hydroxyl groups is 1. The minimum absolute atomic E-state index is 0.199. The van der Waals surface area contributed by atoms with Crippen LogP contribution < -0.4 is 15.6 Å². The number of carbonyl (C=O) groups excluding carboxylic acids is 1. The number of fused-ring (bicyclic) bond motifs is 1. The zero-order valence-corrected chi connectivity index (χ0v) is 15.3. The Labute approximate surface area is 160 Å². The van der Waals surface area contributed by atoms with Crippen LogP contribution in [0.15, 0.2) is 59.9 Å². The van der Waals surface area contributed by atoms with Crippen LogP contribution in [0.5, 0.6) is 11.5 Å². The first kappa shape index (κ1) is 18.5. The van der Waals surface area contributed by atoms with Crippen molar-refractivity contribution in [3.63, 3.8) is 0 Å². The van der Waals surface area contributed by atoms with E-state index in [2.05, 4.69) is 11.9 Å². The molecule has 0 aliphatic heterocycles. The number of halogens is 1. The zero-order chi connectivity index (χ0) is 19.6. The van der Waals surface area contributed by atoms with E-state index in [0.717, 1.165) is 0 Å². The fourth-order valence-electron chi connectivity index (χ4n) is 2.86. The number of para-hydroxylation sites is 1. The number of rotatable bonds is 5. The lowest BCUT2D eigenvalue weighted by molar-refractivity contribution is 0.102. The maximum absolute atomic E-state index is 12.9. The number of anilines is 1. The van der Waals surface area contributed by atoms with E-state index < -0.39 is 11.5 Å². The number of carbonyl (C=O) groups is 1. The van der Waals surface area contributed by atoms with E-state index in [1.54, 1.807) is 42.5 Å². The largest absolute Gasteiger partial charge is 0.506 e. The quantitative estimate of drug-likeness (QED) is 0.655. The van der Waals surface area contributed by atoms with Crippen molar-refractivity contribution < 1.29 is 14.6 Å². The smallest absolute Gasteiger partial charge is 0.268 e. The van der Waals surface area contributed by atoms with Gasteiger partial charge in [-0.25, -0.2) is 0 Å². The van der Waals surface area contributed by atoms with E-state index >= 15 is 0 Å². The molecule has 2 aromatic carbocycles. The van der Waals surface area contributed by atoms with Crippen molar-refractivity contribution in [2.24, 2.45) is 0 Å². The van der Waals surface area contributed by atoms with E-state index in [1.807, 2.05) is 0 Å². The summed E-state index contributed by atoms with van der Waals surface area (Å²) in [7, 11) is 1.44. The van der Waals surface area contributed by atoms with Crippen molar-refractivity contribution in [2.45, 2.75) is 6.54 Å². The highest BCUT2D eigenvalue weighted by Crippen LogP contribution is 2.30. The third-order valence-electron chi connectivity index (χ3n) is 4.10. The van der Waals surface area contributed by atoms with E-state index in [0.29, 0.717) is 27.4 Å². The van der Waals surface area contributed by atoms with Crippen molar-refractivity contribution in [3.8, 4) is 11.5 Å². The minimum atomic E-state index is -0.748. The molecule has 0 radical (unpaired) electrons. The Bertz CT molecular complexity index is 1110. The number of pyridine rings is 1. The Morgan fingerprint density at radius 3 is 2.78 bits per heavy atom. The minimum Gasteiger partial charge on any atom is -0.506 e. The summed E-state index contributed by atoms with van der Waals surface area (Å²) in [6.07, 6.45) is 1.55. The summed E-state index contributed by atoms with van der Waals surface area (Å²) < 4.78 is 6.58. The van der Waals surface area contributed by atoms with Crippen molar-refractivity contribution in [2.75, 3.05) is 12.4 Å². The monoisotopic (exact) mass is 384 g/mol. The SMILES string of the molecule is C=CCn1c(=O)c(C(=O)Nc2ccc(Cl)cc2OC)c(O)c2ccccc21. The van der Waals surface area contributed by atoms with Gasteiger partial charge in [-0.15, -0.1) is 6.58 Å². The van der Waals surface area contributed by atoms with Gasteiger partial charge in [-0.05, 0) is 24.3 Å². The molecule has 1 amide bonds. The molecule has 0 bridgehead atoms. The molecule has 3 aromatic rings. The Morgan fingerprint density at radius 2 is 2.07 bits per heavy atom. The number of hydrogen-bond acceptors (Lipinski definition) is 4. The average Bonchev–Trinajstić information content (AvgIpc) is 2.66. The topological polar surface area (TPSA) is 80.6 Å². The van der Waals surface area contributed by atoms with E-state index in [1.165, 1.54) is 17.7 Å². The summed E-state index contributed by atoms with van der Waals surface area (Å²) in [6.45, 7) is 3.85. The fraction of sp³-hybridized carbons (Fsp3) is 0.100. The number of methoxy groups -OCH3 is 1. The van der Waals surface area contributed by atoms with Gasteiger partial charge in [0, 0.05) is 23.0 Å². The van der Waals surface area contributed by atoms with Crippen molar-refractivity contribution >= 4 is 34.1 Å².